The van der Waals surface area contributed by atoms with Gasteiger partial charge in [0, 0.05) is 37.4 Å². The van der Waals surface area contributed by atoms with Crippen molar-refractivity contribution in [3.8, 4) is 11.5 Å². The number of aromatic amines is 1. The maximum Gasteiger partial charge on any atom is 0.305 e. The number of nitrogens with zero attached hydrogens (tertiary/aromatic N) is 2. The Hall–Kier alpha value is -2.95. The minimum atomic E-state index is -3.76. The Balaban J connectivity index is 1.43. The summed E-state index contributed by atoms with van der Waals surface area (Å²) >= 11 is 0.686. The topological polar surface area (TPSA) is 99.8 Å². The van der Waals surface area contributed by atoms with Crippen LogP contribution in [0.4, 0.5) is 0 Å². The molecule has 8 nitrogen and oxygen atoms in total. The van der Waals surface area contributed by atoms with Gasteiger partial charge in [0.05, 0.1) is 0 Å². The van der Waals surface area contributed by atoms with Crippen molar-refractivity contribution >= 4 is 27.3 Å². The highest BCUT2D eigenvalue weighted by Crippen LogP contribution is 2.25. The van der Waals surface area contributed by atoms with Gasteiger partial charge in [-0.3, -0.25) is 9.59 Å². The minimum absolute atomic E-state index is 0.0306. The number of carbonyl (C=O) groups excluding carboxylic acids is 1. The second-order valence-electron chi connectivity index (χ2n) is 7.07. The van der Waals surface area contributed by atoms with E-state index in [1.807, 2.05) is 30.3 Å². The van der Waals surface area contributed by atoms with Gasteiger partial charge >= 0.3 is 4.87 Å². The van der Waals surface area contributed by atoms with Crippen LogP contribution in [-0.2, 0) is 10.0 Å². The Morgan fingerprint density at radius 3 is 2.32 bits per heavy atom. The van der Waals surface area contributed by atoms with Gasteiger partial charge in [0.15, 0.2) is 4.21 Å². The van der Waals surface area contributed by atoms with E-state index in [0.717, 1.165) is 0 Å². The van der Waals surface area contributed by atoms with Crippen LogP contribution in [0.15, 0.2) is 63.6 Å². The van der Waals surface area contributed by atoms with Crippen LogP contribution >= 0.6 is 11.3 Å². The summed E-state index contributed by atoms with van der Waals surface area (Å²) < 4.78 is 32.8. The van der Waals surface area contributed by atoms with Crippen molar-refractivity contribution < 1.29 is 17.9 Å². The molecular formula is C21H21N3O5S2. The lowest BCUT2D eigenvalue weighted by Crippen LogP contribution is -2.50. The average Bonchev–Trinajstić information content (AvgIpc) is 3.13. The molecule has 1 fully saturated rings. The molecule has 162 valence electrons. The molecule has 0 unspecified atom stereocenters. The number of hydrogen-bond acceptors (Lipinski definition) is 6. The van der Waals surface area contributed by atoms with Crippen LogP contribution in [0, 0.1) is 6.92 Å². The number of para-hydroxylation sites is 1. The molecule has 3 aromatic rings. The Morgan fingerprint density at radius 2 is 1.68 bits per heavy atom. The van der Waals surface area contributed by atoms with Crippen molar-refractivity contribution in [3.05, 3.63) is 75.5 Å². The van der Waals surface area contributed by atoms with Crippen molar-refractivity contribution in [2.24, 2.45) is 0 Å². The number of thiazole rings is 1. The van der Waals surface area contributed by atoms with Crippen LogP contribution in [-0.4, -0.2) is 54.7 Å². The van der Waals surface area contributed by atoms with Gasteiger partial charge in [-0.1, -0.05) is 35.6 Å². The standard InChI is InChI=1S/C21H21N3O5S2/c1-15-20(30-21(26)22-15)31(27,28)24-12-10-23(11-13-24)19(25)16-6-5-9-18(14-16)29-17-7-3-2-4-8-17/h2-9,14H,10-13H2,1H3,(H,22,26). The Kier molecular flexibility index (Phi) is 5.94. The molecule has 1 saturated heterocycles. The number of piperazine rings is 1. The highest BCUT2D eigenvalue weighted by Gasteiger charge is 2.33. The number of H-pyrrole nitrogens is 1. The fourth-order valence-electron chi connectivity index (χ4n) is 3.39. The first-order valence-corrected chi connectivity index (χ1v) is 11.9. The normalized spacial score (nSPS) is 15.1. The van der Waals surface area contributed by atoms with E-state index in [1.54, 1.807) is 36.1 Å². The number of hydrogen-bond donors (Lipinski definition) is 1. The summed E-state index contributed by atoms with van der Waals surface area (Å²) in [4.78, 5) is 28.2. The number of amides is 1. The van der Waals surface area contributed by atoms with Crippen molar-refractivity contribution in [1.29, 1.82) is 0 Å². The van der Waals surface area contributed by atoms with Crippen molar-refractivity contribution in [3.63, 3.8) is 0 Å². The summed E-state index contributed by atoms with van der Waals surface area (Å²) in [6, 6.07) is 16.2. The van der Waals surface area contributed by atoms with Gasteiger partial charge in [0.2, 0.25) is 0 Å². The highest BCUT2D eigenvalue weighted by molar-refractivity contribution is 7.91. The first-order valence-electron chi connectivity index (χ1n) is 9.67. The first-order chi connectivity index (χ1) is 14.8. The quantitative estimate of drug-likeness (QED) is 0.632. The third kappa shape index (κ3) is 4.55. The van der Waals surface area contributed by atoms with Gasteiger partial charge in [0.25, 0.3) is 15.9 Å². The molecule has 0 saturated carbocycles. The van der Waals surface area contributed by atoms with Gasteiger partial charge in [-0.2, -0.15) is 4.31 Å². The SMILES string of the molecule is Cc1[nH]c(=O)sc1S(=O)(=O)N1CCN(C(=O)c2cccc(Oc3ccccc3)c2)CC1. The van der Waals surface area contributed by atoms with Crippen LogP contribution in [0.25, 0.3) is 0 Å². The predicted octanol–water partition coefficient (Wildman–Crippen LogP) is 2.68. The number of carbonyl (C=O) groups is 1. The lowest BCUT2D eigenvalue weighted by molar-refractivity contribution is 0.0697. The van der Waals surface area contributed by atoms with Crippen LogP contribution < -0.4 is 9.61 Å². The molecule has 0 bridgehead atoms. The van der Waals surface area contributed by atoms with E-state index in [2.05, 4.69) is 4.98 Å². The molecule has 1 aliphatic rings. The second kappa shape index (κ2) is 8.66. The van der Waals surface area contributed by atoms with Gasteiger partial charge in [-0.05, 0) is 37.3 Å². The smallest absolute Gasteiger partial charge is 0.305 e. The number of aryl methyl sites for hydroxylation is 1. The van der Waals surface area contributed by atoms with Crippen LogP contribution in [0.5, 0.6) is 11.5 Å². The molecule has 0 aliphatic carbocycles. The molecule has 0 atom stereocenters. The van der Waals surface area contributed by atoms with E-state index in [9.17, 15) is 18.0 Å². The molecule has 1 N–H and O–H groups in total. The first kappa shape index (κ1) is 21.3. The Bertz CT molecular complexity index is 1240. The molecule has 0 radical (unpaired) electrons. The highest BCUT2D eigenvalue weighted by atomic mass is 32.2. The molecule has 1 aromatic heterocycles. The third-order valence-corrected chi connectivity index (χ3v) is 8.42. The molecule has 0 spiro atoms. The van der Waals surface area contributed by atoms with E-state index < -0.39 is 14.9 Å². The fourth-order valence-corrected chi connectivity index (χ4v) is 6.24. The number of ether oxygens (including phenoxy) is 1. The molecule has 31 heavy (non-hydrogen) atoms. The summed E-state index contributed by atoms with van der Waals surface area (Å²) in [5, 5.41) is 0. The molecular weight excluding hydrogens is 438 g/mol. The molecule has 2 aromatic carbocycles. The van der Waals surface area contributed by atoms with Crippen molar-refractivity contribution in [1.82, 2.24) is 14.2 Å². The second-order valence-corrected chi connectivity index (χ2v) is 10.2. The molecule has 1 amide bonds. The maximum atomic E-state index is 12.9. The summed E-state index contributed by atoms with van der Waals surface area (Å²) in [7, 11) is -3.76. The minimum Gasteiger partial charge on any atom is -0.457 e. The number of aromatic nitrogens is 1. The lowest BCUT2D eigenvalue weighted by atomic mass is 10.1. The lowest BCUT2D eigenvalue weighted by Gasteiger charge is -2.33. The van der Waals surface area contributed by atoms with Gasteiger partial charge in [-0.25, -0.2) is 8.42 Å². The Morgan fingerprint density at radius 1 is 1.00 bits per heavy atom. The summed E-state index contributed by atoms with van der Waals surface area (Å²) in [6.07, 6.45) is 0. The summed E-state index contributed by atoms with van der Waals surface area (Å²) in [6.45, 7) is 2.43. The van der Waals surface area contributed by atoms with Gasteiger partial charge < -0.3 is 14.6 Å². The number of rotatable bonds is 5. The van der Waals surface area contributed by atoms with Gasteiger partial charge in [0.1, 0.15) is 11.5 Å². The largest absolute Gasteiger partial charge is 0.457 e. The Labute approximate surface area is 183 Å². The molecule has 10 heteroatoms. The zero-order valence-corrected chi connectivity index (χ0v) is 18.4. The zero-order chi connectivity index (χ0) is 22.0. The molecule has 2 heterocycles. The van der Waals surface area contributed by atoms with Crippen molar-refractivity contribution in [2.45, 2.75) is 11.1 Å². The zero-order valence-electron chi connectivity index (χ0n) is 16.8. The maximum absolute atomic E-state index is 12.9. The number of nitrogens with one attached hydrogen (secondary N) is 1. The van der Waals surface area contributed by atoms with Crippen molar-refractivity contribution in [2.75, 3.05) is 26.2 Å². The number of sulfonamides is 1. The predicted molar refractivity (Wildman–Crippen MR) is 117 cm³/mol. The summed E-state index contributed by atoms with van der Waals surface area (Å²) in [5.74, 6) is 1.04. The van der Waals surface area contributed by atoms with E-state index in [1.165, 1.54) is 4.31 Å². The van der Waals surface area contributed by atoms with E-state index in [0.29, 0.717) is 34.1 Å². The summed E-state index contributed by atoms with van der Waals surface area (Å²) in [5.41, 5.74) is 0.813. The van der Waals surface area contributed by atoms with E-state index in [4.69, 9.17) is 4.74 Å². The van der Waals surface area contributed by atoms with Crippen LogP contribution in [0.1, 0.15) is 16.1 Å². The number of benzene rings is 2. The monoisotopic (exact) mass is 459 g/mol. The van der Waals surface area contributed by atoms with Crippen LogP contribution in [0.2, 0.25) is 0 Å². The van der Waals surface area contributed by atoms with Gasteiger partial charge in [-0.15, -0.1) is 0 Å². The van der Waals surface area contributed by atoms with Crippen LogP contribution in [0.3, 0.4) is 0 Å². The molecule has 1 aliphatic heterocycles. The van der Waals surface area contributed by atoms with E-state index >= 15 is 0 Å². The third-order valence-electron chi connectivity index (χ3n) is 4.94. The fraction of sp³-hybridized carbons (Fsp3) is 0.238. The van der Waals surface area contributed by atoms with E-state index in [-0.39, 0.29) is 36.3 Å². The average molecular weight is 460 g/mol. The molecule has 4 rings (SSSR count).